The van der Waals surface area contributed by atoms with Gasteiger partial charge in [0, 0.05) is 57.5 Å². The van der Waals surface area contributed by atoms with Gasteiger partial charge in [0.1, 0.15) is 29.0 Å². The van der Waals surface area contributed by atoms with Crippen LogP contribution in [0.2, 0.25) is 0 Å². The number of aldehydes is 1. The summed E-state index contributed by atoms with van der Waals surface area (Å²) >= 11 is 0. The third-order valence-electron chi connectivity index (χ3n) is 6.09. The third-order valence-corrected chi connectivity index (χ3v) is 6.09. The lowest BCUT2D eigenvalue weighted by Crippen LogP contribution is -2.62. The van der Waals surface area contributed by atoms with Gasteiger partial charge in [0.2, 0.25) is 0 Å². The highest BCUT2D eigenvalue weighted by atomic mass is 16.5. The number of hydrogen-bond donors (Lipinski definition) is 2. The molecule has 1 fully saturated rings. The number of carbonyl (C=O) groups excluding carboxylic acids is 2. The van der Waals surface area contributed by atoms with Gasteiger partial charge in [-0.15, -0.1) is 0 Å². The molecule has 11 nitrogen and oxygen atoms in total. The molecule has 2 aromatic rings. The Morgan fingerprint density at radius 2 is 2.15 bits per heavy atom. The molecule has 0 saturated heterocycles. The molecule has 4 heterocycles. The zero-order chi connectivity index (χ0) is 24.1. The number of ether oxygens (including phenoxy) is 3. The van der Waals surface area contributed by atoms with Crippen LogP contribution >= 0.6 is 0 Å². The van der Waals surface area contributed by atoms with Gasteiger partial charge in [0.15, 0.2) is 6.29 Å². The maximum absolute atomic E-state index is 13.3. The van der Waals surface area contributed by atoms with Gasteiger partial charge in [-0.1, -0.05) is 6.07 Å². The van der Waals surface area contributed by atoms with Crippen molar-refractivity contribution in [2.24, 2.45) is 0 Å². The summed E-state index contributed by atoms with van der Waals surface area (Å²) in [6, 6.07) is 6.58. The van der Waals surface area contributed by atoms with E-state index >= 15 is 0 Å². The number of amides is 2. The normalized spacial score (nSPS) is 20.0. The van der Waals surface area contributed by atoms with Gasteiger partial charge >= 0.3 is 6.03 Å². The van der Waals surface area contributed by atoms with Gasteiger partial charge in [-0.2, -0.15) is 5.26 Å². The second-order valence-corrected chi connectivity index (χ2v) is 8.04. The predicted molar refractivity (Wildman–Crippen MR) is 123 cm³/mol. The van der Waals surface area contributed by atoms with Crippen LogP contribution in [-0.4, -0.2) is 68.9 Å². The van der Waals surface area contributed by atoms with Crippen molar-refractivity contribution in [3.63, 3.8) is 0 Å². The molecule has 2 bridgehead atoms. The topological polar surface area (TPSA) is 139 Å². The van der Waals surface area contributed by atoms with Crippen molar-refractivity contribution in [3.05, 3.63) is 41.2 Å². The van der Waals surface area contributed by atoms with Crippen molar-refractivity contribution in [3.8, 4) is 6.07 Å². The highest BCUT2D eigenvalue weighted by Crippen LogP contribution is 2.54. The molecule has 0 spiro atoms. The Labute approximate surface area is 197 Å². The Morgan fingerprint density at radius 3 is 2.85 bits per heavy atom. The number of hydrogen-bond acceptors (Lipinski definition) is 9. The maximum atomic E-state index is 13.3. The van der Waals surface area contributed by atoms with E-state index < -0.39 is 11.6 Å². The van der Waals surface area contributed by atoms with E-state index in [1.54, 1.807) is 37.3 Å². The van der Waals surface area contributed by atoms with E-state index in [4.69, 9.17) is 14.2 Å². The summed E-state index contributed by atoms with van der Waals surface area (Å²) in [4.78, 5) is 34.7. The Morgan fingerprint density at radius 1 is 1.32 bits per heavy atom. The number of nitrogens with zero attached hydrogens (tertiary/aromatic N) is 4. The molecule has 2 aromatic heterocycles. The average Bonchev–Trinajstić information content (AvgIpc) is 2.84. The lowest BCUT2D eigenvalue weighted by molar-refractivity contribution is -0.0955. The minimum atomic E-state index is -0.486. The van der Waals surface area contributed by atoms with Gasteiger partial charge in [-0.3, -0.25) is 15.0 Å². The van der Waals surface area contributed by atoms with Gasteiger partial charge in [0.05, 0.1) is 31.1 Å². The number of methoxy groups -OCH3 is 2. The van der Waals surface area contributed by atoms with Crippen molar-refractivity contribution < 1.29 is 23.8 Å². The second kappa shape index (κ2) is 10.1. The Bertz CT molecular complexity index is 1110. The van der Waals surface area contributed by atoms with E-state index in [1.165, 1.54) is 6.20 Å². The maximum Gasteiger partial charge on any atom is 0.328 e. The number of rotatable bonds is 10. The number of aromatic nitrogens is 2. The third kappa shape index (κ3) is 4.43. The first-order valence-corrected chi connectivity index (χ1v) is 10.9. The molecule has 0 atom stereocenters. The standard InChI is InChI=1S/C23H26N6O5/c1-32-7-8-34-6-5-25-19-9-20(26-13-15(19)12-24)28-22(31)29-17-10-23(11-17,33-2)18-4-3-16(14-30)27-21(18)29/h3-4,9,13-14,17H,5-8,10-11H2,1-2H3,(H2,25,26,28,31). The molecule has 1 aliphatic carbocycles. The van der Waals surface area contributed by atoms with Gasteiger partial charge < -0.3 is 19.5 Å². The van der Waals surface area contributed by atoms with Crippen LogP contribution in [0.1, 0.15) is 34.5 Å². The summed E-state index contributed by atoms with van der Waals surface area (Å²) in [6.45, 7) is 1.87. The zero-order valence-electron chi connectivity index (χ0n) is 19.0. The van der Waals surface area contributed by atoms with E-state index in [-0.39, 0.29) is 17.6 Å². The summed E-state index contributed by atoms with van der Waals surface area (Å²) in [6.07, 6.45) is 3.33. The number of carbonyl (C=O) groups is 2. The molecular formula is C23H26N6O5. The zero-order valence-corrected chi connectivity index (χ0v) is 19.0. The van der Waals surface area contributed by atoms with Gasteiger partial charge in [0.25, 0.3) is 0 Å². The van der Waals surface area contributed by atoms with Gasteiger partial charge in [-0.05, 0) is 6.07 Å². The summed E-state index contributed by atoms with van der Waals surface area (Å²) < 4.78 is 16.1. The summed E-state index contributed by atoms with van der Waals surface area (Å²) in [5.41, 5.74) is 1.41. The number of pyridine rings is 2. The molecule has 2 amide bonds. The molecule has 0 unspecified atom stereocenters. The van der Waals surface area contributed by atoms with E-state index in [0.29, 0.717) is 62.6 Å². The largest absolute Gasteiger partial charge is 0.382 e. The molecule has 34 heavy (non-hydrogen) atoms. The summed E-state index contributed by atoms with van der Waals surface area (Å²) in [5.74, 6) is 0.689. The highest BCUT2D eigenvalue weighted by molar-refractivity contribution is 6.03. The summed E-state index contributed by atoms with van der Waals surface area (Å²) in [5, 5.41) is 15.3. The molecule has 0 aromatic carbocycles. The first-order valence-electron chi connectivity index (χ1n) is 10.9. The molecule has 11 heteroatoms. The average molecular weight is 466 g/mol. The number of anilines is 3. The summed E-state index contributed by atoms with van der Waals surface area (Å²) in [7, 11) is 3.24. The van der Waals surface area contributed by atoms with E-state index in [9.17, 15) is 14.9 Å². The van der Waals surface area contributed by atoms with Crippen LogP contribution in [0.5, 0.6) is 0 Å². The van der Waals surface area contributed by atoms with E-state index in [1.807, 2.05) is 0 Å². The van der Waals surface area contributed by atoms with Crippen LogP contribution in [0.4, 0.5) is 22.1 Å². The van der Waals surface area contributed by atoms with Crippen molar-refractivity contribution in [2.45, 2.75) is 24.5 Å². The smallest absolute Gasteiger partial charge is 0.328 e. The lowest BCUT2D eigenvalue weighted by Gasteiger charge is -2.55. The monoisotopic (exact) mass is 466 g/mol. The Kier molecular flexibility index (Phi) is 7.02. The molecule has 1 saturated carbocycles. The van der Waals surface area contributed by atoms with Crippen molar-refractivity contribution >= 4 is 29.6 Å². The molecule has 5 rings (SSSR count). The SMILES string of the molecule is COCCOCCNc1cc(NC(=O)N2c3nc(C=O)ccc3C3(OC)CC2C3)ncc1C#N. The first kappa shape index (κ1) is 23.6. The van der Waals surface area contributed by atoms with Crippen LogP contribution in [-0.2, 0) is 19.8 Å². The molecule has 2 aliphatic heterocycles. The Hall–Kier alpha value is -3.59. The second-order valence-electron chi connectivity index (χ2n) is 8.04. The number of urea groups is 1. The van der Waals surface area contributed by atoms with Crippen LogP contribution in [0.15, 0.2) is 24.4 Å². The van der Waals surface area contributed by atoms with Crippen LogP contribution in [0, 0.1) is 11.3 Å². The fraction of sp³-hybridized carbons (Fsp3) is 0.435. The minimum Gasteiger partial charge on any atom is -0.382 e. The predicted octanol–water partition coefficient (Wildman–Crippen LogP) is 2.29. The van der Waals surface area contributed by atoms with Gasteiger partial charge in [-0.25, -0.2) is 14.8 Å². The van der Waals surface area contributed by atoms with Crippen LogP contribution in [0.25, 0.3) is 0 Å². The van der Waals surface area contributed by atoms with Crippen molar-refractivity contribution in [1.29, 1.82) is 5.26 Å². The lowest BCUT2D eigenvalue weighted by atomic mass is 9.67. The fourth-order valence-electron chi connectivity index (χ4n) is 4.31. The molecule has 0 radical (unpaired) electrons. The molecule has 3 aliphatic rings. The van der Waals surface area contributed by atoms with Crippen LogP contribution in [0.3, 0.4) is 0 Å². The van der Waals surface area contributed by atoms with Crippen molar-refractivity contribution in [1.82, 2.24) is 9.97 Å². The van der Waals surface area contributed by atoms with Crippen molar-refractivity contribution in [2.75, 3.05) is 56.1 Å². The van der Waals surface area contributed by atoms with Crippen LogP contribution < -0.4 is 15.5 Å². The number of nitrogens with one attached hydrogen (secondary N) is 2. The van der Waals surface area contributed by atoms with E-state index in [2.05, 4.69) is 26.7 Å². The molecular weight excluding hydrogens is 440 g/mol. The fourth-order valence-corrected chi connectivity index (χ4v) is 4.31. The Balaban J connectivity index is 1.50. The number of nitriles is 1. The quantitative estimate of drug-likeness (QED) is 0.399. The first-order chi connectivity index (χ1) is 16.5. The highest BCUT2D eigenvalue weighted by Gasteiger charge is 2.56. The molecule has 2 N–H and O–H groups in total. The molecule has 178 valence electrons. The van der Waals surface area contributed by atoms with E-state index in [0.717, 1.165) is 5.56 Å². The minimum absolute atomic E-state index is 0.109.